The first-order valence-corrected chi connectivity index (χ1v) is 7.34. The maximum Gasteiger partial charge on any atom is 0.255 e. The highest BCUT2D eigenvalue weighted by Crippen LogP contribution is 2.29. The largest absolute Gasteiger partial charge is 0.322 e. The van der Waals surface area contributed by atoms with E-state index in [0.717, 1.165) is 16.8 Å². The summed E-state index contributed by atoms with van der Waals surface area (Å²) in [6.45, 7) is 8.29. The maximum atomic E-state index is 12.4. The van der Waals surface area contributed by atoms with Gasteiger partial charge in [0.1, 0.15) is 0 Å². The number of rotatable bonds is 2. The molecule has 1 N–H and O–H groups in total. The van der Waals surface area contributed by atoms with Gasteiger partial charge in [-0.3, -0.25) is 4.79 Å². The first kappa shape index (κ1) is 15.6. The molecule has 0 spiro atoms. The highest BCUT2D eigenvalue weighted by Gasteiger charge is 2.19. The minimum absolute atomic E-state index is 0.0329. The number of hydrogen-bond acceptors (Lipinski definition) is 1. The fourth-order valence-electron chi connectivity index (χ4n) is 2.17. The molecule has 110 valence electrons. The summed E-state index contributed by atoms with van der Waals surface area (Å²) in [6.07, 6.45) is 0. The first-order chi connectivity index (χ1) is 9.79. The highest BCUT2D eigenvalue weighted by molar-refractivity contribution is 6.31. The van der Waals surface area contributed by atoms with Crippen molar-refractivity contribution < 1.29 is 4.79 Å². The van der Waals surface area contributed by atoms with Crippen molar-refractivity contribution in [3.05, 3.63) is 64.2 Å². The summed E-state index contributed by atoms with van der Waals surface area (Å²) in [5.74, 6) is -0.145. The minimum atomic E-state index is -0.145. The van der Waals surface area contributed by atoms with Gasteiger partial charge in [0.2, 0.25) is 0 Å². The van der Waals surface area contributed by atoms with Crippen LogP contribution in [0.25, 0.3) is 0 Å². The third-order valence-electron chi connectivity index (χ3n) is 3.42. The second-order valence-electron chi connectivity index (χ2n) is 6.21. The molecule has 3 heteroatoms. The number of aryl methyl sites for hydroxylation is 1. The van der Waals surface area contributed by atoms with Gasteiger partial charge >= 0.3 is 0 Å². The molecular weight excluding hydrogens is 282 g/mol. The average Bonchev–Trinajstić information content (AvgIpc) is 2.41. The molecule has 0 aliphatic rings. The van der Waals surface area contributed by atoms with E-state index in [-0.39, 0.29) is 11.3 Å². The van der Waals surface area contributed by atoms with E-state index in [4.69, 9.17) is 11.6 Å². The van der Waals surface area contributed by atoms with Gasteiger partial charge in [0.15, 0.2) is 0 Å². The molecule has 0 fully saturated rings. The fourth-order valence-corrected chi connectivity index (χ4v) is 2.36. The Hall–Kier alpha value is -1.80. The van der Waals surface area contributed by atoms with E-state index in [1.165, 1.54) is 0 Å². The van der Waals surface area contributed by atoms with Gasteiger partial charge in [0.25, 0.3) is 5.91 Å². The quantitative estimate of drug-likeness (QED) is 0.811. The molecule has 21 heavy (non-hydrogen) atoms. The normalized spacial score (nSPS) is 11.3. The van der Waals surface area contributed by atoms with E-state index in [9.17, 15) is 4.79 Å². The van der Waals surface area contributed by atoms with Crippen molar-refractivity contribution in [2.75, 3.05) is 5.32 Å². The van der Waals surface area contributed by atoms with Gasteiger partial charge in [-0.05, 0) is 41.7 Å². The Morgan fingerprint density at radius 2 is 1.76 bits per heavy atom. The zero-order chi connectivity index (χ0) is 15.6. The summed E-state index contributed by atoms with van der Waals surface area (Å²) in [6, 6.07) is 13.2. The molecule has 0 saturated carbocycles. The Morgan fingerprint density at radius 1 is 1.10 bits per heavy atom. The summed E-state index contributed by atoms with van der Waals surface area (Å²) in [5, 5.41) is 3.59. The van der Waals surface area contributed by atoms with Gasteiger partial charge in [0.05, 0.1) is 0 Å². The summed E-state index contributed by atoms with van der Waals surface area (Å²) in [4.78, 5) is 12.4. The monoisotopic (exact) mass is 301 g/mol. The summed E-state index contributed by atoms with van der Waals surface area (Å²) < 4.78 is 0. The van der Waals surface area contributed by atoms with Crippen LogP contribution in [0.15, 0.2) is 42.5 Å². The SMILES string of the molecule is Cc1ccc(C(=O)Nc2ccccc2C(C)(C)C)cc1Cl. The number of anilines is 1. The predicted molar refractivity (Wildman–Crippen MR) is 89.3 cm³/mol. The van der Waals surface area contributed by atoms with Gasteiger partial charge in [0, 0.05) is 16.3 Å². The van der Waals surface area contributed by atoms with Crippen molar-refractivity contribution in [3.63, 3.8) is 0 Å². The molecule has 0 radical (unpaired) electrons. The Balaban J connectivity index is 2.30. The highest BCUT2D eigenvalue weighted by atomic mass is 35.5. The van der Waals surface area contributed by atoms with Crippen molar-refractivity contribution in [1.29, 1.82) is 0 Å². The van der Waals surface area contributed by atoms with Crippen molar-refractivity contribution in [2.24, 2.45) is 0 Å². The molecular formula is C18H20ClNO. The van der Waals surface area contributed by atoms with Crippen LogP contribution in [-0.4, -0.2) is 5.91 Å². The summed E-state index contributed by atoms with van der Waals surface area (Å²) in [5.41, 5.74) is 3.44. The fraction of sp³-hybridized carbons (Fsp3) is 0.278. The molecule has 0 bridgehead atoms. The molecule has 2 nitrogen and oxygen atoms in total. The van der Waals surface area contributed by atoms with Crippen LogP contribution in [0.4, 0.5) is 5.69 Å². The van der Waals surface area contributed by atoms with Crippen LogP contribution in [0.1, 0.15) is 42.3 Å². The molecule has 0 aliphatic carbocycles. The van der Waals surface area contributed by atoms with Crippen LogP contribution in [0.5, 0.6) is 0 Å². The van der Waals surface area contributed by atoms with E-state index in [0.29, 0.717) is 10.6 Å². The lowest BCUT2D eigenvalue weighted by atomic mass is 9.86. The molecule has 2 aromatic rings. The predicted octanol–water partition coefficient (Wildman–Crippen LogP) is 5.20. The molecule has 0 unspecified atom stereocenters. The second-order valence-corrected chi connectivity index (χ2v) is 6.62. The third-order valence-corrected chi connectivity index (χ3v) is 3.82. The molecule has 0 atom stereocenters. The van der Waals surface area contributed by atoms with Crippen LogP contribution >= 0.6 is 11.6 Å². The number of nitrogens with one attached hydrogen (secondary N) is 1. The van der Waals surface area contributed by atoms with Crippen LogP contribution < -0.4 is 5.32 Å². The van der Waals surface area contributed by atoms with Crippen molar-refractivity contribution >= 4 is 23.2 Å². The Kier molecular flexibility index (Phi) is 4.38. The lowest BCUT2D eigenvalue weighted by Gasteiger charge is -2.23. The van der Waals surface area contributed by atoms with Gasteiger partial charge in [-0.2, -0.15) is 0 Å². The number of benzene rings is 2. The molecule has 0 aromatic heterocycles. The van der Waals surface area contributed by atoms with Gasteiger partial charge in [-0.1, -0.05) is 56.6 Å². The van der Waals surface area contributed by atoms with E-state index in [2.05, 4.69) is 26.1 Å². The molecule has 1 amide bonds. The number of carbonyl (C=O) groups excluding carboxylic acids is 1. The van der Waals surface area contributed by atoms with Crippen molar-refractivity contribution in [3.8, 4) is 0 Å². The second kappa shape index (κ2) is 5.90. The maximum absolute atomic E-state index is 12.4. The van der Waals surface area contributed by atoms with Crippen LogP contribution in [0, 0.1) is 6.92 Å². The zero-order valence-electron chi connectivity index (χ0n) is 12.8. The third kappa shape index (κ3) is 3.64. The molecule has 2 rings (SSSR count). The Bertz CT molecular complexity index is 671. The summed E-state index contributed by atoms with van der Waals surface area (Å²) in [7, 11) is 0. The van der Waals surface area contributed by atoms with E-state index >= 15 is 0 Å². The van der Waals surface area contributed by atoms with Gasteiger partial charge in [-0.15, -0.1) is 0 Å². The zero-order valence-corrected chi connectivity index (χ0v) is 13.6. The standard InChI is InChI=1S/C18H20ClNO/c1-12-9-10-13(11-15(12)19)17(21)20-16-8-6-5-7-14(16)18(2,3)4/h5-11H,1-4H3,(H,20,21). The Labute approximate surface area is 131 Å². The van der Waals surface area contributed by atoms with Gasteiger partial charge < -0.3 is 5.32 Å². The molecule has 0 heterocycles. The molecule has 0 aliphatic heterocycles. The topological polar surface area (TPSA) is 29.1 Å². The number of para-hydroxylation sites is 1. The van der Waals surface area contributed by atoms with E-state index in [1.54, 1.807) is 12.1 Å². The number of halogens is 1. The van der Waals surface area contributed by atoms with Crippen LogP contribution in [-0.2, 0) is 5.41 Å². The van der Waals surface area contributed by atoms with Crippen molar-refractivity contribution in [1.82, 2.24) is 0 Å². The number of carbonyl (C=O) groups is 1. The van der Waals surface area contributed by atoms with Crippen LogP contribution in [0.2, 0.25) is 5.02 Å². The van der Waals surface area contributed by atoms with E-state index in [1.807, 2.05) is 37.3 Å². The lowest BCUT2D eigenvalue weighted by molar-refractivity contribution is 0.102. The lowest BCUT2D eigenvalue weighted by Crippen LogP contribution is -2.18. The average molecular weight is 302 g/mol. The number of amides is 1. The molecule has 2 aromatic carbocycles. The number of hydrogen-bond donors (Lipinski definition) is 1. The van der Waals surface area contributed by atoms with Crippen molar-refractivity contribution in [2.45, 2.75) is 33.1 Å². The minimum Gasteiger partial charge on any atom is -0.322 e. The first-order valence-electron chi connectivity index (χ1n) is 6.96. The van der Waals surface area contributed by atoms with Crippen LogP contribution in [0.3, 0.4) is 0 Å². The smallest absolute Gasteiger partial charge is 0.255 e. The molecule has 0 saturated heterocycles. The summed E-state index contributed by atoms with van der Waals surface area (Å²) >= 11 is 6.08. The Morgan fingerprint density at radius 3 is 2.38 bits per heavy atom. The van der Waals surface area contributed by atoms with E-state index < -0.39 is 0 Å². The van der Waals surface area contributed by atoms with Gasteiger partial charge in [-0.25, -0.2) is 0 Å².